The van der Waals surface area contributed by atoms with Gasteiger partial charge in [-0.15, -0.1) is 11.3 Å². The summed E-state index contributed by atoms with van der Waals surface area (Å²) in [6, 6.07) is 5.93. The summed E-state index contributed by atoms with van der Waals surface area (Å²) in [6.45, 7) is 1.62. The normalized spacial score (nSPS) is 12.1. The molecule has 0 aliphatic carbocycles. The maximum Gasteiger partial charge on any atom is 0.247 e. The van der Waals surface area contributed by atoms with E-state index in [2.05, 4.69) is 15.5 Å². The SMILES string of the molecule is C[C@H](C(=O)Nc1ccc(F)cc1F)n1c(-c2cccs2)n[nH]c1=S. The third-order valence-electron chi connectivity index (χ3n) is 3.40. The predicted octanol–water partition coefficient (Wildman–Crippen LogP) is 4.15. The Morgan fingerprint density at radius 1 is 1.42 bits per heavy atom. The molecule has 124 valence electrons. The largest absolute Gasteiger partial charge is 0.322 e. The second-order valence-electron chi connectivity index (χ2n) is 4.99. The summed E-state index contributed by atoms with van der Waals surface area (Å²) < 4.78 is 28.5. The molecule has 1 aromatic carbocycles. The van der Waals surface area contributed by atoms with Crippen molar-refractivity contribution in [2.45, 2.75) is 13.0 Å². The minimum atomic E-state index is -0.843. The lowest BCUT2D eigenvalue weighted by molar-refractivity contribution is -0.118. The van der Waals surface area contributed by atoms with Crippen LogP contribution < -0.4 is 5.32 Å². The monoisotopic (exact) mass is 366 g/mol. The van der Waals surface area contributed by atoms with Crippen LogP contribution in [0.3, 0.4) is 0 Å². The van der Waals surface area contributed by atoms with Crippen molar-refractivity contribution in [1.82, 2.24) is 14.8 Å². The number of aromatic nitrogens is 3. The van der Waals surface area contributed by atoms with Gasteiger partial charge in [0, 0.05) is 6.07 Å². The Balaban J connectivity index is 1.89. The zero-order chi connectivity index (χ0) is 17.3. The molecule has 2 N–H and O–H groups in total. The van der Waals surface area contributed by atoms with Crippen LogP contribution in [0.4, 0.5) is 14.5 Å². The zero-order valence-corrected chi connectivity index (χ0v) is 14.0. The van der Waals surface area contributed by atoms with Gasteiger partial charge in [0.2, 0.25) is 5.91 Å². The number of nitrogens with zero attached hydrogens (tertiary/aromatic N) is 2. The van der Waals surface area contributed by atoms with Crippen molar-refractivity contribution in [1.29, 1.82) is 0 Å². The highest BCUT2D eigenvalue weighted by Crippen LogP contribution is 2.26. The van der Waals surface area contributed by atoms with Crippen molar-refractivity contribution in [2.24, 2.45) is 0 Å². The molecule has 0 aliphatic rings. The smallest absolute Gasteiger partial charge is 0.247 e. The van der Waals surface area contributed by atoms with Crippen LogP contribution in [0.25, 0.3) is 10.7 Å². The van der Waals surface area contributed by atoms with Crippen molar-refractivity contribution in [3.05, 3.63) is 52.1 Å². The van der Waals surface area contributed by atoms with Crippen molar-refractivity contribution in [3.63, 3.8) is 0 Å². The summed E-state index contributed by atoms with van der Waals surface area (Å²) >= 11 is 6.65. The predicted molar refractivity (Wildman–Crippen MR) is 90.4 cm³/mol. The number of anilines is 1. The van der Waals surface area contributed by atoms with Gasteiger partial charge in [0.1, 0.15) is 17.7 Å². The van der Waals surface area contributed by atoms with Gasteiger partial charge in [-0.25, -0.2) is 8.78 Å². The first kappa shape index (κ1) is 16.5. The second kappa shape index (κ2) is 6.62. The summed E-state index contributed by atoms with van der Waals surface area (Å²) in [6.07, 6.45) is 0. The van der Waals surface area contributed by atoms with Gasteiger partial charge >= 0.3 is 0 Å². The van der Waals surface area contributed by atoms with Crippen molar-refractivity contribution >= 4 is 35.1 Å². The highest BCUT2D eigenvalue weighted by atomic mass is 32.1. The van der Waals surface area contributed by atoms with E-state index in [0.717, 1.165) is 10.9 Å². The topological polar surface area (TPSA) is 62.7 Å². The van der Waals surface area contributed by atoms with Gasteiger partial charge in [-0.2, -0.15) is 5.10 Å². The number of benzene rings is 1. The van der Waals surface area contributed by atoms with Crippen LogP contribution in [0, 0.1) is 16.4 Å². The third-order valence-corrected chi connectivity index (χ3v) is 4.56. The summed E-state index contributed by atoms with van der Waals surface area (Å²) in [5.41, 5.74) is -0.0964. The number of nitrogens with one attached hydrogen (secondary N) is 2. The van der Waals surface area contributed by atoms with E-state index in [9.17, 15) is 13.6 Å². The lowest BCUT2D eigenvalue weighted by atomic mass is 10.2. The molecule has 2 aromatic heterocycles. The highest BCUT2D eigenvalue weighted by Gasteiger charge is 2.22. The van der Waals surface area contributed by atoms with E-state index >= 15 is 0 Å². The van der Waals surface area contributed by atoms with Crippen LogP contribution in [0.15, 0.2) is 35.7 Å². The van der Waals surface area contributed by atoms with Crippen LogP contribution in [-0.4, -0.2) is 20.7 Å². The molecule has 1 atom stereocenters. The second-order valence-corrected chi connectivity index (χ2v) is 6.32. The standard InChI is InChI=1S/C15H12F2N4OS2/c1-8(14(22)18-11-5-4-9(16)7-10(11)17)21-13(19-20-15(21)23)12-3-2-6-24-12/h2-8H,1H3,(H,18,22)(H,20,23)/t8-/m1/s1. The maximum absolute atomic E-state index is 13.7. The number of H-pyrrole nitrogens is 1. The number of aromatic amines is 1. The first-order valence-corrected chi connectivity index (χ1v) is 8.23. The number of carbonyl (C=O) groups excluding carboxylic acids is 1. The van der Waals surface area contributed by atoms with Crippen molar-refractivity contribution in [3.8, 4) is 10.7 Å². The van der Waals surface area contributed by atoms with Gasteiger partial charge < -0.3 is 5.32 Å². The molecular weight excluding hydrogens is 354 g/mol. The van der Waals surface area contributed by atoms with E-state index in [1.807, 2.05) is 17.5 Å². The Kier molecular flexibility index (Phi) is 4.54. The summed E-state index contributed by atoms with van der Waals surface area (Å²) in [7, 11) is 0. The molecule has 2 heterocycles. The van der Waals surface area contributed by atoms with E-state index in [4.69, 9.17) is 12.2 Å². The molecular formula is C15H12F2N4OS2. The molecule has 0 radical (unpaired) electrons. The number of thiophene rings is 1. The fourth-order valence-electron chi connectivity index (χ4n) is 2.19. The number of hydrogen-bond acceptors (Lipinski definition) is 4. The minimum absolute atomic E-state index is 0.0964. The Morgan fingerprint density at radius 3 is 2.88 bits per heavy atom. The summed E-state index contributed by atoms with van der Waals surface area (Å²) in [5.74, 6) is -1.52. The summed E-state index contributed by atoms with van der Waals surface area (Å²) in [5, 5.41) is 11.1. The zero-order valence-electron chi connectivity index (χ0n) is 12.4. The maximum atomic E-state index is 13.7. The van der Waals surface area contributed by atoms with Crippen LogP contribution >= 0.6 is 23.6 Å². The van der Waals surface area contributed by atoms with Crippen LogP contribution in [0.5, 0.6) is 0 Å². The molecule has 0 spiro atoms. The fourth-order valence-corrected chi connectivity index (χ4v) is 3.19. The lowest BCUT2D eigenvalue weighted by Crippen LogP contribution is -2.24. The third kappa shape index (κ3) is 3.13. The molecule has 0 saturated carbocycles. The average molecular weight is 366 g/mol. The number of halogens is 2. The van der Waals surface area contributed by atoms with Gasteiger partial charge in [-0.05, 0) is 42.7 Å². The Bertz CT molecular complexity index is 933. The fraction of sp³-hybridized carbons (Fsp3) is 0.133. The molecule has 3 aromatic rings. The van der Waals surface area contributed by atoms with Crippen molar-refractivity contribution in [2.75, 3.05) is 5.32 Å². The van der Waals surface area contributed by atoms with E-state index in [-0.39, 0.29) is 10.5 Å². The Labute approximate surface area is 145 Å². The average Bonchev–Trinajstić information content (AvgIpc) is 3.18. The number of rotatable bonds is 4. The first-order chi connectivity index (χ1) is 11.5. The minimum Gasteiger partial charge on any atom is -0.322 e. The van der Waals surface area contributed by atoms with E-state index in [0.29, 0.717) is 11.9 Å². The number of amides is 1. The van der Waals surface area contributed by atoms with Crippen LogP contribution in [0.2, 0.25) is 0 Å². The van der Waals surface area contributed by atoms with Crippen LogP contribution in [0.1, 0.15) is 13.0 Å². The number of carbonyl (C=O) groups is 1. The molecule has 3 rings (SSSR count). The van der Waals surface area contributed by atoms with E-state index < -0.39 is 23.6 Å². The molecule has 0 unspecified atom stereocenters. The van der Waals surface area contributed by atoms with Gasteiger partial charge in [0.15, 0.2) is 10.6 Å². The van der Waals surface area contributed by atoms with Crippen LogP contribution in [-0.2, 0) is 4.79 Å². The van der Waals surface area contributed by atoms with E-state index in [1.165, 1.54) is 17.4 Å². The molecule has 0 saturated heterocycles. The Morgan fingerprint density at radius 2 is 2.21 bits per heavy atom. The summed E-state index contributed by atoms with van der Waals surface area (Å²) in [4.78, 5) is 13.3. The molecule has 0 aliphatic heterocycles. The van der Waals surface area contributed by atoms with Gasteiger partial charge in [-0.1, -0.05) is 6.07 Å². The van der Waals surface area contributed by atoms with Gasteiger partial charge in [-0.3, -0.25) is 14.5 Å². The van der Waals surface area contributed by atoms with Gasteiger partial charge in [0.05, 0.1) is 10.6 Å². The molecule has 5 nitrogen and oxygen atoms in total. The molecule has 0 fully saturated rings. The highest BCUT2D eigenvalue weighted by molar-refractivity contribution is 7.71. The number of hydrogen-bond donors (Lipinski definition) is 2. The molecule has 24 heavy (non-hydrogen) atoms. The quantitative estimate of drug-likeness (QED) is 0.682. The molecule has 0 bridgehead atoms. The lowest BCUT2D eigenvalue weighted by Gasteiger charge is -2.15. The molecule has 9 heteroatoms. The molecule has 1 amide bonds. The Hall–Kier alpha value is -2.39. The van der Waals surface area contributed by atoms with Gasteiger partial charge in [0.25, 0.3) is 0 Å². The van der Waals surface area contributed by atoms with Crippen molar-refractivity contribution < 1.29 is 13.6 Å². The van der Waals surface area contributed by atoms with E-state index in [1.54, 1.807) is 11.5 Å². The first-order valence-electron chi connectivity index (χ1n) is 6.94.